The van der Waals surface area contributed by atoms with Gasteiger partial charge in [0.1, 0.15) is 0 Å². The molecule has 1 N–H and O–H groups in total. The summed E-state index contributed by atoms with van der Waals surface area (Å²) in [4.78, 5) is 13.2. The Morgan fingerprint density at radius 1 is 1.18 bits per heavy atom. The fourth-order valence-corrected chi connectivity index (χ4v) is 3.19. The summed E-state index contributed by atoms with van der Waals surface area (Å²) in [5.74, 6) is -0.0983. The van der Waals surface area contributed by atoms with Crippen LogP contribution in [0.15, 0.2) is 64.6 Å². The van der Waals surface area contributed by atoms with E-state index in [1.54, 1.807) is 0 Å². The second-order valence-corrected chi connectivity index (χ2v) is 7.42. The lowest BCUT2D eigenvalue weighted by Gasteiger charge is -2.10. The minimum atomic E-state index is -0.199. The molecule has 0 radical (unpaired) electrons. The standard InChI is InChI=1S/C17H17IN2OS/c1-12(14-7-6-8-15(18)11-14)19-20-17(21)13(2)22-16-9-4-3-5-10-16/h3-11,13H,1-2H3,(H,20,21)/b19-12-/t13-/m0/s1. The van der Waals surface area contributed by atoms with Crippen molar-refractivity contribution in [2.75, 3.05) is 0 Å². The van der Waals surface area contributed by atoms with E-state index in [9.17, 15) is 4.79 Å². The quantitative estimate of drug-likeness (QED) is 0.336. The van der Waals surface area contributed by atoms with Crippen molar-refractivity contribution in [3.63, 3.8) is 0 Å². The van der Waals surface area contributed by atoms with E-state index in [1.165, 1.54) is 11.8 Å². The van der Waals surface area contributed by atoms with E-state index in [-0.39, 0.29) is 11.2 Å². The van der Waals surface area contributed by atoms with E-state index >= 15 is 0 Å². The van der Waals surface area contributed by atoms with Crippen molar-refractivity contribution in [3.05, 3.63) is 63.7 Å². The normalized spacial score (nSPS) is 12.8. The van der Waals surface area contributed by atoms with Gasteiger partial charge in [0, 0.05) is 8.47 Å². The maximum atomic E-state index is 12.1. The Morgan fingerprint density at radius 2 is 1.91 bits per heavy atom. The van der Waals surface area contributed by atoms with Gasteiger partial charge in [-0.3, -0.25) is 4.79 Å². The van der Waals surface area contributed by atoms with Crippen LogP contribution in [0, 0.1) is 3.57 Å². The van der Waals surface area contributed by atoms with Crippen molar-refractivity contribution in [2.24, 2.45) is 5.10 Å². The second kappa shape index (κ2) is 8.33. The molecule has 1 atom stereocenters. The third-order valence-electron chi connectivity index (χ3n) is 3.00. The Morgan fingerprint density at radius 3 is 2.59 bits per heavy atom. The van der Waals surface area contributed by atoms with Crippen molar-refractivity contribution >= 4 is 46.0 Å². The van der Waals surface area contributed by atoms with Crippen LogP contribution < -0.4 is 5.43 Å². The lowest BCUT2D eigenvalue weighted by Crippen LogP contribution is -2.27. The van der Waals surface area contributed by atoms with Crippen molar-refractivity contribution in [3.8, 4) is 0 Å². The van der Waals surface area contributed by atoms with Gasteiger partial charge in [-0.2, -0.15) is 5.10 Å². The van der Waals surface area contributed by atoms with Gasteiger partial charge < -0.3 is 0 Å². The first-order valence-electron chi connectivity index (χ1n) is 6.88. The molecule has 0 unspecified atom stereocenters. The minimum absolute atomic E-state index is 0.0983. The molecule has 2 rings (SSSR count). The number of halogens is 1. The van der Waals surface area contributed by atoms with Crippen molar-refractivity contribution < 1.29 is 4.79 Å². The van der Waals surface area contributed by atoms with Gasteiger partial charge in [-0.1, -0.05) is 30.3 Å². The Balaban J connectivity index is 1.95. The second-order valence-electron chi connectivity index (χ2n) is 4.76. The zero-order valence-electron chi connectivity index (χ0n) is 12.4. The number of nitrogens with zero attached hydrogens (tertiary/aromatic N) is 1. The highest BCUT2D eigenvalue weighted by atomic mass is 127. The Kier molecular flexibility index (Phi) is 6.45. The molecule has 0 aliphatic carbocycles. The summed E-state index contributed by atoms with van der Waals surface area (Å²) in [7, 11) is 0. The van der Waals surface area contributed by atoms with Gasteiger partial charge >= 0.3 is 0 Å². The molecular weight excluding hydrogens is 407 g/mol. The third kappa shape index (κ3) is 5.14. The van der Waals surface area contributed by atoms with Crippen LogP contribution in [0.2, 0.25) is 0 Å². The minimum Gasteiger partial charge on any atom is -0.272 e. The van der Waals surface area contributed by atoms with E-state index in [2.05, 4.69) is 33.1 Å². The SMILES string of the molecule is C/C(=N/NC(=O)[C@H](C)Sc1ccccc1)c1cccc(I)c1. The molecule has 1 amide bonds. The molecule has 0 spiro atoms. The van der Waals surface area contributed by atoms with Gasteiger partial charge in [-0.25, -0.2) is 5.43 Å². The lowest BCUT2D eigenvalue weighted by atomic mass is 10.1. The summed E-state index contributed by atoms with van der Waals surface area (Å²) < 4.78 is 1.14. The number of amides is 1. The van der Waals surface area contributed by atoms with Crippen LogP contribution in [-0.2, 0) is 4.79 Å². The van der Waals surface area contributed by atoms with Crippen molar-refractivity contribution in [1.82, 2.24) is 5.43 Å². The summed E-state index contributed by atoms with van der Waals surface area (Å²) in [5, 5.41) is 4.00. The number of carbonyl (C=O) groups excluding carboxylic acids is 1. The number of benzene rings is 2. The van der Waals surface area contributed by atoms with Gasteiger partial charge in [0.15, 0.2) is 0 Å². The fourth-order valence-electron chi connectivity index (χ4n) is 1.76. The van der Waals surface area contributed by atoms with Crippen LogP contribution in [0.1, 0.15) is 19.4 Å². The lowest BCUT2D eigenvalue weighted by molar-refractivity contribution is -0.120. The van der Waals surface area contributed by atoms with Gasteiger partial charge in [0.25, 0.3) is 5.91 Å². The van der Waals surface area contributed by atoms with Crippen LogP contribution in [-0.4, -0.2) is 16.9 Å². The first kappa shape index (κ1) is 17.0. The molecule has 0 aliphatic rings. The number of hydrazone groups is 1. The highest BCUT2D eigenvalue weighted by Crippen LogP contribution is 2.22. The number of hydrogen-bond donors (Lipinski definition) is 1. The molecule has 2 aromatic rings. The molecule has 3 nitrogen and oxygen atoms in total. The zero-order chi connectivity index (χ0) is 15.9. The molecule has 0 heterocycles. The van der Waals surface area contributed by atoms with Gasteiger partial charge in [0.05, 0.1) is 11.0 Å². The molecule has 22 heavy (non-hydrogen) atoms. The number of thioether (sulfide) groups is 1. The largest absolute Gasteiger partial charge is 0.272 e. The summed E-state index contributed by atoms with van der Waals surface area (Å²) in [6.45, 7) is 3.77. The number of rotatable bonds is 5. The third-order valence-corrected chi connectivity index (χ3v) is 4.78. The van der Waals surface area contributed by atoms with Crippen LogP contribution in [0.25, 0.3) is 0 Å². The van der Waals surface area contributed by atoms with Crippen molar-refractivity contribution in [1.29, 1.82) is 0 Å². The van der Waals surface area contributed by atoms with E-state index < -0.39 is 0 Å². The van der Waals surface area contributed by atoms with E-state index in [0.29, 0.717) is 0 Å². The predicted octanol–water partition coefficient (Wildman–Crippen LogP) is 4.31. The maximum Gasteiger partial charge on any atom is 0.253 e. The van der Waals surface area contributed by atoms with Crippen LogP contribution in [0.3, 0.4) is 0 Å². The average molecular weight is 424 g/mol. The van der Waals surface area contributed by atoms with Crippen LogP contribution in [0.5, 0.6) is 0 Å². The molecule has 0 bridgehead atoms. The molecule has 0 saturated carbocycles. The smallest absolute Gasteiger partial charge is 0.253 e. The summed E-state index contributed by atoms with van der Waals surface area (Å²) in [6, 6.07) is 17.9. The number of hydrogen-bond acceptors (Lipinski definition) is 3. The van der Waals surface area contributed by atoms with Gasteiger partial charge in [-0.15, -0.1) is 11.8 Å². The monoisotopic (exact) mass is 424 g/mol. The average Bonchev–Trinajstić information content (AvgIpc) is 2.53. The first-order chi connectivity index (χ1) is 10.6. The summed E-state index contributed by atoms with van der Waals surface area (Å²) in [5.41, 5.74) is 4.45. The topological polar surface area (TPSA) is 41.5 Å². The first-order valence-corrected chi connectivity index (χ1v) is 8.84. The van der Waals surface area contributed by atoms with Crippen molar-refractivity contribution in [2.45, 2.75) is 24.0 Å². The molecule has 0 aliphatic heterocycles. The highest BCUT2D eigenvalue weighted by Gasteiger charge is 2.13. The zero-order valence-corrected chi connectivity index (χ0v) is 15.4. The molecule has 5 heteroatoms. The van der Waals surface area contributed by atoms with E-state index in [1.807, 2.05) is 68.4 Å². The summed E-state index contributed by atoms with van der Waals surface area (Å²) in [6.07, 6.45) is 0. The summed E-state index contributed by atoms with van der Waals surface area (Å²) >= 11 is 3.78. The van der Waals surface area contributed by atoms with E-state index in [0.717, 1.165) is 19.7 Å². The predicted molar refractivity (Wildman–Crippen MR) is 101 cm³/mol. The Hall–Kier alpha value is -1.34. The Labute approximate surface area is 148 Å². The van der Waals surface area contributed by atoms with Gasteiger partial charge in [-0.05, 0) is 66.3 Å². The molecule has 0 saturated heterocycles. The van der Waals surface area contributed by atoms with Gasteiger partial charge in [0.2, 0.25) is 0 Å². The molecule has 0 fully saturated rings. The molecular formula is C17H17IN2OS. The number of carbonyl (C=O) groups is 1. The number of nitrogens with one attached hydrogen (secondary N) is 1. The Bertz CT molecular complexity index is 673. The molecule has 114 valence electrons. The van der Waals surface area contributed by atoms with Crippen LogP contribution >= 0.6 is 34.4 Å². The van der Waals surface area contributed by atoms with E-state index in [4.69, 9.17) is 0 Å². The fraction of sp³-hybridized carbons (Fsp3) is 0.176. The maximum absolute atomic E-state index is 12.1. The highest BCUT2D eigenvalue weighted by molar-refractivity contribution is 14.1. The van der Waals surface area contributed by atoms with Crippen LogP contribution in [0.4, 0.5) is 0 Å². The molecule has 2 aromatic carbocycles. The molecule has 0 aromatic heterocycles.